The van der Waals surface area contributed by atoms with Crippen molar-refractivity contribution < 1.29 is 9.53 Å². The van der Waals surface area contributed by atoms with E-state index in [0.717, 1.165) is 18.5 Å². The molecule has 0 aliphatic rings. The van der Waals surface area contributed by atoms with Crippen LogP contribution in [0.3, 0.4) is 0 Å². The third-order valence-corrected chi connectivity index (χ3v) is 3.70. The molecule has 0 bridgehead atoms. The van der Waals surface area contributed by atoms with Gasteiger partial charge in [0.05, 0.1) is 0 Å². The van der Waals surface area contributed by atoms with E-state index in [1.54, 1.807) is 12.1 Å². The van der Waals surface area contributed by atoms with E-state index < -0.39 is 6.09 Å². The van der Waals surface area contributed by atoms with Gasteiger partial charge in [-0.15, -0.1) is 0 Å². The second-order valence-corrected chi connectivity index (χ2v) is 5.49. The fourth-order valence-corrected chi connectivity index (χ4v) is 2.46. The number of carbonyl (C=O) groups excluding carboxylic acids is 1. The van der Waals surface area contributed by atoms with Crippen LogP contribution < -0.4 is 10.1 Å². The number of amides is 1. The largest absolute Gasteiger partial charge is 0.412 e. The van der Waals surface area contributed by atoms with Crippen LogP contribution in [0.1, 0.15) is 12.0 Å². The second kappa shape index (κ2) is 8.02. The summed E-state index contributed by atoms with van der Waals surface area (Å²) in [6.45, 7) is 0.592. The van der Waals surface area contributed by atoms with Crippen LogP contribution in [0.25, 0.3) is 5.69 Å². The van der Waals surface area contributed by atoms with Crippen molar-refractivity contribution in [2.24, 2.45) is 0 Å². The van der Waals surface area contributed by atoms with E-state index >= 15 is 0 Å². The van der Waals surface area contributed by atoms with Crippen molar-refractivity contribution in [3.05, 3.63) is 84.7 Å². The van der Waals surface area contributed by atoms with Crippen LogP contribution in [0, 0.1) is 0 Å². The maximum absolute atomic E-state index is 11.8. The standard InChI is InChI=1S/C20H20N2O2/c23-20(21-14-6-9-17-7-2-1-3-8-17)24-19-12-10-18(11-13-19)22-15-4-5-16-22/h1-5,7-8,10-13,15-16H,6,9,14H2,(H,21,23). The highest BCUT2D eigenvalue weighted by molar-refractivity contribution is 5.70. The maximum Gasteiger partial charge on any atom is 0.412 e. The zero-order valence-electron chi connectivity index (χ0n) is 13.4. The number of nitrogens with one attached hydrogen (secondary N) is 1. The molecular weight excluding hydrogens is 300 g/mol. The van der Waals surface area contributed by atoms with Crippen molar-refractivity contribution in [1.82, 2.24) is 9.88 Å². The molecule has 0 radical (unpaired) electrons. The Morgan fingerprint density at radius 2 is 1.62 bits per heavy atom. The smallest absolute Gasteiger partial charge is 0.410 e. The lowest BCUT2D eigenvalue weighted by atomic mass is 10.1. The van der Waals surface area contributed by atoms with Crippen LogP contribution in [-0.2, 0) is 6.42 Å². The van der Waals surface area contributed by atoms with E-state index in [4.69, 9.17) is 4.74 Å². The van der Waals surface area contributed by atoms with Crippen LogP contribution in [-0.4, -0.2) is 17.2 Å². The van der Waals surface area contributed by atoms with E-state index in [1.165, 1.54) is 5.56 Å². The molecule has 0 aliphatic heterocycles. The molecular formula is C20H20N2O2. The zero-order chi connectivity index (χ0) is 16.6. The number of ether oxygens (including phenoxy) is 1. The topological polar surface area (TPSA) is 43.3 Å². The Labute approximate surface area is 141 Å². The number of nitrogens with zero attached hydrogens (tertiary/aromatic N) is 1. The second-order valence-electron chi connectivity index (χ2n) is 5.49. The molecule has 0 fully saturated rings. The minimum atomic E-state index is -0.420. The number of aryl methyl sites for hydroxylation is 1. The minimum Gasteiger partial charge on any atom is -0.410 e. The zero-order valence-corrected chi connectivity index (χ0v) is 13.4. The van der Waals surface area contributed by atoms with Gasteiger partial charge < -0.3 is 14.6 Å². The molecule has 0 saturated heterocycles. The average molecular weight is 320 g/mol. The molecule has 1 aromatic heterocycles. The Hall–Kier alpha value is -3.01. The highest BCUT2D eigenvalue weighted by Crippen LogP contribution is 2.15. The minimum absolute atomic E-state index is 0.420. The Morgan fingerprint density at radius 3 is 2.33 bits per heavy atom. The normalized spacial score (nSPS) is 10.3. The summed E-state index contributed by atoms with van der Waals surface area (Å²) in [7, 11) is 0. The van der Waals surface area contributed by atoms with Gasteiger partial charge in [0.15, 0.2) is 0 Å². The fraction of sp³-hybridized carbons (Fsp3) is 0.150. The van der Waals surface area contributed by atoms with Gasteiger partial charge in [-0.05, 0) is 54.8 Å². The van der Waals surface area contributed by atoms with Gasteiger partial charge in [-0.3, -0.25) is 0 Å². The van der Waals surface area contributed by atoms with Crippen LogP contribution in [0.4, 0.5) is 4.79 Å². The summed E-state index contributed by atoms with van der Waals surface area (Å²) in [6, 6.07) is 21.6. The van der Waals surface area contributed by atoms with Crippen molar-refractivity contribution in [1.29, 1.82) is 0 Å². The van der Waals surface area contributed by atoms with Crippen LogP contribution in [0.2, 0.25) is 0 Å². The first-order chi connectivity index (χ1) is 11.8. The van der Waals surface area contributed by atoms with E-state index in [9.17, 15) is 4.79 Å². The van der Waals surface area contributed by atoms with Crippen molar-refractivity contribution in [2.45, 2.75) is 12.8 Å². The molecule has 0 saturated carbocycles. The first kappa shape index (κ1) is 15.9. The summed E-state index contributed by atoms with van der Waals surface area (Å²) >= 11 is 0. The first-order valence-electron chi connectivity index (χ1n) is 8.04. The van der Waals surface area contributed by atoms with Crippen LogP contribution in [0.5, 0.6) is 5.75 Å². The molecule has 24 heavy (non-hydrogen) atoms. The third kappa shape index (κ3) is 4.49. The van der Waals surface area contributed by atoms with Gasteiger partial charge in [0.2, 0.25) is 0 Å². The summed E-state index contributed by atoms with van der Waals surface area (Å²) in [5.74, 6) is 0.534. The van der Waals surface area contributed by atoms with Crippen molar-refractivity contribution in [2.75, 3.05) is 6.54 Å². The highest BCUT2D eigenvalue weighted by atomic mass is 16.5. The van der Waals surface area contributed by atoms with E-state index in [2.05, 4.69) is 17.4 Å². The molecule has 2 aromatic carbocycles. The molecule has 0 aliphatic carbocycles. The van der Waals surface area contributed by atoms with E-state index in [0.29, 0.717) is 12.3 Å². The Morgan fingerprint density at radius 1 is 0.917 bits per heavy atom. The Balaban J connectivity index is 1.42. The Bertz CT molecular complexity index is 750. The van der Waals surface area contributed by atoms with E-state index in [-0.39, 0.29) is 0 Å². The summed E-state index contributed by atoms with van der Waals surface area (Å²) < 4.78 is 7.27. The molecule has 0 spiro atoms. The number of carbonyl (C=O) groups is 1. The molecule has 0 unspecified atom stereocenters. The number of aromatic nitrogens is 1. The summed E-state index contributed by atoms with van der Waals surface area (Å²) in [4.78, 5) is 11.8. The molecule has 1 amide bonds. The molecule has 3 aromatic rings. The van der Waals surface area contributed by atoms with Gasteiger partial charge in [0.25, 0.3) is 0 Å². The Kier molecular flexibility index (Phi) is 5.30. The third-order valence-electron chi connectivity index (χ3n) is 3.70. The molecule has 0 atom stereocenters. The van der Waals surface area contributed by atoms with Crippen molar-refractivity contribution in [3.63, 3.8) is 0 Å². The summed E-state index contributed by atoms with van der Waals surface area (Å²) in [5, 5.41) is 2.78. The van der Waals surface area contributed by atoms with Crippen molar-refractivity contribution in [3.8, 4) is 11.4 Å². The molecule has 4 nitrogen and oxygen atoms in total. The highest BCUT2D eigenvalue weighted by Gasteiger charge is 2.04. The quantitative estimate of drug-likeness (QED) is 0.692. The summed E-state index contributed by atoms with van der Waals surface area (Å²) in [6.07, 6.45) is 5.33. The monoisotopic (exact) mass is 320 g/mol. The van der Waals surface area contributed by atoms with Crippen molar-refractivity contribution >= 4 is 6.09 Å². The lowest BCUT2D eigenvalue weighted by molar-refractivity contribution is 0.200. The maximum atomic E-state index is 11.8. The predicted molar refractivity (Wildman–Crippen MR) is 94.6 cm³/mol. The number of hydrogen-bond donors (Lipinski definition) is 1. The van der Waals surface area contributed by atoms with Gasteiger partial charge in [-0.25, -0.2) is 4.79 Å². The van der Waals surface area contributed by atoms with Gasteiger partial charge >= 0.3 is 6.09 Å². The van der Waals surface area contributed by atoms with Gasteiger partial charge in [0.1, 0.15) is 5.75 Å². The average Bonchev–Trinajstić information content (AvgIpc) is 3.15. The fourth-order valence-electron chi connectivity index (χ4n) is 2.46. The number of hydrogen-bond acceptors (Lipinski definition) is 2. The predicted octanol–water partition coefficient (Wildman–Crippen LogP) is 4.20. The summed E-state index contributed by atoms with van der Waals surface area (Å²) in [5.41, 5.74) is 2.30. The lowest BCUT2D eigenvalue weighted by Gasteiger charge is -2.08. The van der Waals surface area contributed by atoms with Gasteiger partial charge in [-0.1, -0.05) is 30.3 Å². The first-order valence-corrected chi connectivity index (χ1v) is 8.04. The molecule has 4 heteroatoms. The van der Waals surface area contributed by atoms with Gasteiger partial charge in [-0.2, -0.15) is 0 Å². The molecule has 3 rings (SSSR count). The lowest BCUT2D eigenvalue weighted by Crippen LogP contribution is -2.27. The molecule has 1 N–H and O–H groups in total. The SMILES string of the molecule is O=C(NCCCc1ccccc1)Oc1ccc(-n2cccc2)cc1. The number of benzene rings is 2. The molecule has 1 heterocycles. The van der Waals surface area contributed by atoms with Gasteiger partial charge in [0, 0.05) is 24.6 Å². The van der Waals surface area contributed by atoms with Crippen LogP contribution >= 0.6 is 0 Å². The number of rotatable bonds is 6. The van der Waals surface area contributed by atoms with Crippen LogP contribution in [0.15, 0.2) is 79.1 Å². The molecule has 122 valence electrons. The van der Waals surface area contributed by atoms with E-state index in [1.807, 2.05) is 59.4 Å².